The molecule has 72 valence electrons. The number of carbonyl (C=O) groups excluding carboxylic acids is 2. The Morgan fingerprint density at radius 3 is 2.92 bits per heavy atom. The summed E-state index contributed by atoms with van der Waals surface area (Å²) in [6.45, 7) is 3.47. The fourth-order valence-corrected chi connectivity index (χ4v) is 1.30. The Morgan fingerprint density at radius 2 is 2.31 bits per heavy atom. The zero-order valence-electron chi connectivity index (χ0n) is 7.44. The highest BCUT2D eigenvalue weighted by molar-refractivity contribution is 5.70. The van der Waals surface area contributed by atoms with Crippen molar-refractivity contribution in [1.29, 1.82) is 0 Å². The highest BCUT2D eigenvalue weighted by atomic mass is 16.6. The van der Waals surface area contributed by atoms with Gasteiger partial charge in [0.2, 0.25) is 6.41 Å². The van der Waals surface area contributed by atoms with Crippen LogP contribution in [-0.4, -0.2) is 23.5 Å². The van der Waals surface area contributed by atoms with Crippen LogP contribution in [0.3, 0.4) is 0 Å². The van der Waals surface area contributed by atoms with Gasteiger partial charge in [0, 0.05) is 19.0 Å². The van der Waals surface area contributed by atoms with E-state index in [1.807, 2.05) is 0 Å². The molecule has 1 amide bonds. The van der Waals surface area contributed by atoms with E-state index in [4.69, 9.17) is 4.74 Å². The van der Waals surface area contributed by atoms with Gasteiger partial charge in [-0.1, -0.05) is 6.58 Å². The van der Waals surface area contributed by atoms with Gasteiger partial charge < -0.3 is 4.74 Å². The normalized spacial score (nSPS) is 22.8. The van der Waals surface area contributed by atoms with Crippen LogP contribution in [-0.2, 0) is 14.3 Å². The maximum atomic E-state index is 11.0. The molecule has 0 saturated carbocycles. The summed E-state index contributed by atoms with van der Waals surface area (Å²) in [6, 6.07) is 0. The average Bonchev–Trinajstić information content (AvgIpc) is 2.32. The maximum absolute atomic E-state index is 11.0. The van der Waals surface area contributed by atoms with Crippen molar-refractivity contribution in [2.24, 2.45) is 0 Å². The molecule has 1 heterocycles. The van der Waals surface area contributed by atoms with Gasteiger partial charge in [-0.2, -0.15) is 0 Å². The van der Waals surface area contributed by atoms with E-state index in [1.54, 1.807) is 0 Å². The summed E-state index contributed by atoms with van der Waals surface area (Å²) < 4.78 is 5.04. The number of esters is 1. The Balaban J connectivity index is 2.60. The van der Waals surface area contributed by atoms with E-state index in [1.165, 1.54) is 11.1 Å². The maximum Gasteiger partial charge on any atom is 0.307 e. The highest BCUT2D eigenvalue weighted by Gasteiger charge is 2.21. The molecule has 0 spiro atoms. The van der Waals surface area contributed by atoms with Gasteiger partial charge in [0.25, 0.3) is 0 Å². The third-order valence-corrected chi connectivity index (χ3v) is 2.01. The second kappa shape index (κ2) is 4.64. The van der Waals surface area contributed by atoms with E-state index in [0.29, 0.717) is 19.3 Å². The predicted molar refractivity (Wildman–Crippen MR) is 46.4 cm³/mol. The van der Waals surface area contributed by atoms with Crippen LogP contribution in [0.4, 0.5) is 0 Å². The van der Waals surface area contributed by atoms with Crippen molar-refractivity contribution in [2.45, 2.75) is 31.9 Å². The van der Waals surface area contributed by atoms with Crippen molar-refractivity contribution in [2.75, 3.05) is 0 Å². The van der Waals surface area contributed by atoms with Gasteiger partial charge in [-0.3, -0.25) is 14.5 Å². The molecule has 0 aliphatic carbocycles. The van der Waals surface area contributed by atoms with Gasteiger partial charge >= 0.3 is 5.97 Å². The first-order valence-electron chi connectivity index (χ1n) is 4.32. The van der Waals surface area contributed by atoms with Crippen LogP contribution in [0, 0.1) is 0 Å². The minimum atomic E-state index is -0.454. The van der Waals surface area contributed by atoms with Crippen molar-refractivity contribution in [1.82, 2.24) is 4.90 Å². The average molecular weight is 183 g/mol. The quantitative estimate of drug-likeness (QED) is 0.485. The lowest BCUT2D eigenvalue weighted by Gasteiger charge is -2.22. The molecule has 1 saturated heterocycles. The predicted octanol–water partition coefficient (Wildman–Crippen LogP) is 1.03. The van der Waals surface area contributed by atoms with E-state index in [2.05, 4.69) is 6.58 Å². The zero-order chi connectivity index (χ0) is 9.68. The Hall–Kier alpha value is -1.32. The molecule has 1 unspecified atom stereocenters. The van der Waals surface area contributed by atoms with Crippen molar-refractivity contribution in [3.63, 3.8) is 0 Å². The zero-order valence-corrected chi connectivity index (χ0v) is 7.44. The van der Waals surface area contributed by atoms with Crippen molar-refractivity contribution < 1.29 is 14.3 Å². The summed E-state index contributed by atoms with van der Waals surface area (Å²) in [7, 11) is 0. The lowest BCUT2D eigenvalue weighted by Crippen LogP contribution is -2.32. The van der Waals surface area contributed by atoms with Crippen LogP contribution < -0.4 is 0 Å². The third kappa shape index (κ3) is 2.57. The molecule has 0 aromatic rings. The van der Waals surface area contributed by atoms with Gasteiger partial charge in [-0.25, -0.2) is 0 Å². The number of cyclic esters (lactones) is 1. The van der Waals surface area contributed by atoms with Gasteiger partial charge in [-0.05, 0) is 12.8 Å². The summed E-state index contributed by atoms with van der Waals surface area (Å²) in [5.41, 5.74) is 0. The summed E-state index contributed by atoms with van der Waals surface area (Å²) in [6.07, 6.45) is 4.40. The molecule has 1 fully saturated rings. The smallest absolute Gasteiger partial charge is 0.307 e. The Bertz CT molecular complexity index is 207. The number of hydrogen-bond donors (Lipinski definition) is 0. The van der Waals surface area contributed by atoms with Gasteiger partial charge in [0.15, 0.2) is 6.23 Å². The topological polar surface area (TPSA) is 46.6 Å². The monoisotopic (exact) mass is 183 g/mol. The Labute approximate surface area is 77.2 Å². The van der Waals surface area contributed by atoms with Crippen LogP contribution in [0.2, 0.25) is 0 Å². The van der Waals surface area contributed by atoms with Crippen LogP contribution in [0.5, 0.6) is 0 Å². The number of carbonyl (C=O) groups is 2. The number of rotatable bonds is 3. The molecular formula is C9H13NO3. The minimum absolute atomic E-state index is 0.240. The summed E-state index contributed by atoms with van der Waals surface area (Å²) in [5, 5.41) is 0. The van der Waals surface area contributed by atoms with Crippen molar-refractivity contribution in [3.05, 3.63) is 12.8 Å². The highest BCUT2D eigenvalue weighted by Crippen LogP contribution is 2.16. The number of ether oxygens (including phenoxy) is 1. The van der Waals surface area contributed by atoms with Crippen LogP contribution in [0.15, 0.2) is 12.8 Å². The lowest BCUT2D eigenvalue weighted by molar-refractivity contribution is -0.156. The molecule has 0 aromatic carbocycles. The van der Waals surface area contributed by atoms with Crippen LogP contribution >= 0.6 is 0 Å². The molecule has 1 aliphatic heterocycles. The first-order chi connectivity index (χ1) is 6.27. The standard InChI is InChI=1S/C9H13NO3/c1-2-10(7-11)8-5-3-4-6-9(12)13-8/h2,7-8H,1,3-6H2. The van der Waals surface area contributed by atoms with Crippen LogP contribution in [0.1, 0.15) is 25.7 Å². The summed E-state index contributed by atoms with van der Waals surface area (Å²) in [5.74, 6) is -0.240. The molecule has 0 N–H and O–H groups in total. The van der Waals surface area contributed by atoms with Gasteiger partial charge in [-0.15, -0.1) is 0 Å². The molecular weight excluding hydrogens is 170 g/mol. The van der Waals surface area contributed by atoms with E-state index in [-0.39, 0.29) is 5.97 Å². The third-order valence-electron chi connectivity index (χ3n) is 2.01. The molecule has 4 nitrogen and oxygen atoms in total. The van der Waals surface area contributed by atoms with E-state index in [0.717, 1.165) is 12.8 Å². The minimum Gasteiger partial charge on any atom is -0.441 e. The largest absolute Gasteiger partial charge is 0.441 e. The second-order valence-electron chi connectivity index (χ2n) is 2.93. The Kier molecular flexibility index (Phi) is 3.49. The molecule has 0 bridgehead atoms. The first-order valence-corrected chi connectivity index (χ1v) is 4.32. The number of amides is 1. The van der Waals surface area contributed by atoms with E-state index < -0.39 is 6.23 Å². The lowest BCUT2D eigenvalue weighted by atomic mass is 10.2. The fraction of sp³-hybridized carbons (Fsp3) is 0.556. The summed E-state index contributed by atoms with van der Waals surface area (Å²) in [4.78, 5) is 22.8. The number of hydrogen-bond acceptors (Lipinski definition) is 3. The number of nitrogens with zero attached hydrogens (tertiary/aromatic N) is 1. The van der Waals surface area contributed by atoms with E-state index in [9.17, 15) is 9.59 Å². The summed E-state index contributed by atoms with van der Waals surface area (Å²) >= 11 is 0. The molecule has 0 radical (unpaired) electrons. The SMILES string of the molecule is C=CN(C=O)C1CCCCC(=O)O1. The molecule has 1 aliphatic rings. The van der Waals surface area contributed by atoms with Crippen LogP contribution in [0.25, 0.3) is 0 Å². The van der Waals surface area contributed by atoms with E-state index >= 15 is 0 Å². The second-order valence-corrected chi connectivity index (χ2v) is 2.93. The molecule has 4 heteroatoms. The fourth-order valence-electron chi connectivity index (χ4n) is 1.30. The molecule has 1 atom stereocenters. The molecule has 13 heavy (non-hydrogen) atoms. The molecule has 1 rings (SSSR count). The van der Waals surface area contributed by atoms with Crippen molar-refractivity contribution >= 4 is 12.4 Å². The Morgan fingerprint density at radius 1 is 1.54 bits per heavy atom. The first kappa shape index (κ1) is 9.77. The van der Waals surface area contributed by atoms with Gasteiger partial charge in [0.1, 0.15) is 0 Å². The van der Waals surface area contributed by atoms with Gasteiger partial charge in [0.05, 0.1) is 0 Å². The molecule has 0 aromatic heterocycles. The van der Waals surface area contributed by atoms with Crippen molar-refractivity contribution in [3.8, 4) is 0 Å².